The molecule has 2 rings (SSSR count). The van der Waals surface area contributed by atoms with Crippen molar-refractivity contribution < 1.29 is 4.79 Å². The van der Waals surface area contributed by atoms with Gasteiger partial charge in [0.25, 0.3) is 5.56 Å². The Morgan fingerprint density at radius 2 is 2.12 bits per heavy atom. The van der Waals surface area contributed by atoms with Crippen LogP contribution < -0.4 is 5.56 Å². The van der Waals surface area contributed by atoms with Crippen molar-refractivity contribution in [2.75, 3.05) is 0 Å². The molecule has 0 N–H and O–H groups in total. The Morgan fingerprint density at radius 3 is 2.88 bits per heavy atom. The standard InChI is InChI=1S/C13H13NO2/c1-2-3-9-14-11-5-4-6-12(15)10(11)7-8-13(14)16/h7-8H,4-6,9H2,1H3. The first-order valence-corrected chi connectivity index (χ1v) is 5.39. The van der Waals surface area contributed by atoms with Crippen LogP contribution in [0.25, 0.3) is 0 Å². The molecule has 1 aliphatic carbocycles. The predicted octanol–water partition coefficient (Wildman–Crippen LogP) is 1.39. The van der Waals surface area contributed by atoms with E-state index < -0.39 is 0 Å². The molecule has 0 saturated heterocycles. The van der Waals surface area contributed by atoms with Crippen molar-refractivity contribution in [2.45, 2.75) is 32.7 Å². The highest BCUT2D eigenvalue weighted by Gasteiger charge is 2.19. The number of fused-ring (bicyclic) bond motifs is 1. The maximum atomic E-state index is 11.7. The molecule has 0 bridgehead atoms. The molecular formula is C13H13NO2. The fourth-order valence-electron chi connectivity index (χ4n) is 2.03. The maximum Gasteiger partial charge on any atom is 0.251 e. The van der Waals surface area contributed by atoms with Gasteiger partial charge in [-0.1, -0.05) is 5.92 Å². The summed E-state index contributed by atoms with van der Waals surface area (Å²) in [5, 5.41) is 0. The van der Waals surface area contributed by atoms with Crippen LogP contribution in [0.3, 0.4) is 0 Å². The lowest BCUT2D eigenvalue weighted by Crippen LogP contribution is -2.27. The molecule has 16 heavy (non-hydrogen) atoms. The molecule has 1 aromatic heterocycles. The molecule has 0 amide bonds. The Morgan fingerprint density at radius 1 is 1.31 bits per heavy atom. The van der Waals surface area contributed by atoms with E-state index in [-0.39, 0.29) is 11.3 Å². The highest BCUT2D eigenvalue weighted by Crippen LogP contribution is 2.19. The SMILES string of the molecule is CC#CCn1c2c(ccc1=O)C(=O)CCC2. The first-order chi connectivity index (χ1) is 7.74. The lowest BCUT2D eigenvalue weighted by atomic mass is 9.94. The molecular weight excluding hydrogens is 202 g/mol. The zero-order valence-corrected chi connectivity index (χ0v) is 9.25. The number of carbonyl (C=O) groups is 1. The lowest BCUT2D eigenvalue weighted by Gasteiger charge is -2.18. The monoisotopic (exact) mass is 215 g/mol. The van der Waals surface area contributed by atoms with Crippen molar-refractivity contribution in [3.05, 3.63) is 33.7 Å². The van der Waals surface area contributed by atoms with Gasteiger partial charge in [-0.3, -0.25) is 9.59 Å². The van der Waals surface area contributed by atoms with E-state index in [4.69, 9.17) is 0 Å². The Hall–Kier alpha value is -1.82. The van der Waals surface area contributed by atoms with E-state index in [0.717, 1.165) is 18.5 Å². The van der Waals surface area contributed by atoms with Crippen LogP contribution in [0.5, 0.6) is 0 Å². The predicted molar refractivity (Wildman–Crippen MR) is 61.4 cm³/mol. The van der Waals surface area contributed by atoms with E-state index in [0.29, 0.717) is 18.5 Å². The molecule has 0 aromatic carbocycles. The summed E-state index contributed by atoms with van der Waals surface area (Å²) in [6, 6.07) is 3.11. The second-order valence-corrected chi connectivity index (χ2v) is 3.82. The Labute approximate surface area is 94.1 Å². The van der Waals surface area contributed by atoms with Crippen LogP contribution in [0.1, 0.15) is 35.8 Å². The average molecular weight is 215 g/mol. The van der Waals surface area contributed by atoms with Crippen LogP contribution in [0, 0.1) is 11.8 Å². The van der Waals surface area contributed by atoms with E-state index in [1.54, 1.807) is 17.6 Å². The Bertz CT molecular complexity index is 543. The molecule has 0 radical (unpaired) electrons. The molecule has 0 aliphatic heterocycles. The molecule has 0 spiro atoms. The van der Waals surface area contributed by atoms with Gasteiger partial charge < -0.3 is 4.57 Å². The van der Waals surface area contributed by atoms with Crippen LogP contribution >= 0.6 is 0 Å². The van der Waals surface area contributed by atoms with Crippen LogP contribution in [0.15, 0.2) is 16.9 Å². The van der Waals surface area contributed by atoms with Gasteiger partial charge >= 0.3 is 0 Å². The summed E-state index contributed by atoms with van der Waals surface area (Å²) < 4.78 is 1.61. The fourth-order valence-corrected chi connectivity index (χ4v) is 2.03. The Kier molecular flexibility index (Phi) is 2.91. The summed E-state index contributed by atoms with van der Waals surface area (Å²) in [7, 11) is 0. The molecule has 0 unspecified atom stereocenters. The van der Waals surface area contributed by atoms with Gasteiger partial charge in [0.15, 0.2) is 5.78 Å². The average Bonchev–Trinajstić information content (AvgIpc) is 2.28. The fraction of sp³-hybridized carbons (Fsp3) is 0.385. The highest BCUT2D eigenvalue weighted by atomic mass is 16.1. The van der Waals surface area contributed by atoms with E-state index in [2.05, 4.69) is 11.8 Å². The lowest BCUT2D eigenvalue weighted by molar-refractivity contribution is 0.0970. The van der Waals surface area contributed by atoms with Gasteiger partial charge in [-0.25, -0.2) is 0 Å². The molecule has 82 valence electrons. The molecule has 3 nitrogen and oxygen atoms in total. The summed E-state index contributed by atoms with van der Waals surface area (Å²) >= 11 is 0. The van der Waals surface area contributed by atoms with Gasteiger partial charge in [0, 0.05) is 23.7 Å². The number of ketones is 1. The largest absolute Gasteiger partial charge is 0.300 e. The third-order valence-electron chi connectivity index (χ3n) is 2.83. The number of hydrogen-bond donors (Lipinski definition) is 0. The van der Waals surface area contributed by atoms with E-state index in [9.17, 15) is 9.59 Å². The number of aromatic nitrogens is 1. The van der Waals surface area contributed by atoms with Crippen molar-refractivity contribution >= 4 is 5.78 Å². The number of nitrogens with zero attached hydrogens (tertiary/aromatic N) is 1. The Balaban J connectivity index is 2.57. The summed E-state index contributed by atoms with van der Waals surface area (Å²) in [6.07, 6.45) is 2.21. The molecule has 1 aromatic rings. The van der Waals surface area contributed by atoms with Gasteiger partial charge in [-0.05, 0) is 25.8 Å². The maximum absolute atomic E-state index is 11.7. The van der Waals surface area contributed by atoms with Gasteiger partial charge in [0.1, 0.15) is 0 Å². The van der Waals surface area contributed by atoms with Crippen LogP contribution in [0.4, 0.5) is 0 Å². The minimum absolute atomic E-state index is 0.0730. The molecule has 3 heteroatoms. The quantitative estimate of drug-likeness (QED) is 0.664. The molecule has 0 saturated carbocycles. The van der Waals surface area contributed by atoms with E-state index in [1.165, 1.54) is 6.07 Å². The van der Waals surface area contributed by atoms with E-state index >= 15 is 0 Å². The third-order valence-corrected chi connectivity index (χ3v) is 2.83. The zero-order valence-electron chi connectivity index (χ0n) is 9.25. The molecule has 0 fully saturated rings. The van der Waals surface area contributed by atoms with Gasteiger partial charge in [-0.15, -0.1) is 5.92 Å². The van der Waals surface area contributed by atoms with Crippen molar-refractivity contribution in [2.24, 2.45) is 0 Å². The smallest absolute Gasteiger partial charge is 0.251 e. The number of hydrogen-bond acceptors (Lipinski definition) is 2. The minimum Gasteiger partial charge on any atom is -0.300 e. The topological polar surface area (TPSA) is 39.1 Å². The summed E-state index contributed by atoms with van der Waals surface area (Å²) in [5.74, 6) is 5.78. The van der Waals surface area contributed by atoms with Crippen molar-refractivity contribution in [3.8, 4) is 11.8 Å². The molecule has 1 aliphatic rings. The number of carbonyl (C=O) groups excluding carboxylic acids is 1. The summed E-state index contributed by atoms with van der Waals surface area (Å²) in [5.41, 5.74) is 1.48. The second kappa shape index (κ2) is 4.36. The molecule has 1 heterocycles. The van der Waals surface area contributed by atoms with Gasteiger partial charge in [-0.2, -0.15) is 0 Å². The normalized spacial score (nSPS) is 13.9. The molecule has 0 atom stereocenters. The number of Topliss-reactive ketones (excluding diaryl/α,β-unsaturated/α-hetero) is 1. The van der Waals surface area contributed by atoms with E-state index in [1.807, 2.05) is 0 Å². The van der Waals surface area contributed by atoms with Crippen LogP contribution in [-0.2, 0) is 13.0 Å². The first kappa shape index (κ1) is 10.7. The van der Waals surface area contributed by atoms with Gasteiger partial charge in [0.2, 0.25) is 0 Å². The first-order valence-electron chi connectivity index (χ1n) is 5.39. The van der Waals surface area contributed by atoms with Crippen LogP contribution in [-0.4, -0.2) is 10.4 Å². The van der Waals surface area contributed by atoms with Gasteiger partial charge in [0.05, 0.1) is 6.54 Å². The highest BCUT2D eigenvalue weighted by molar-refractivity contribution is 5.97. The zero-order chi connectivity index (χ0) is 11.5. The minimum atomic E-state index is -0.0730. The third kappa shape index (κ3) is 1.79. The van der Waals surface area contributed by atoms with Crippen molar-refractivity contribution in [1.82, 2.24) is 4.57 Å². The van der Waals surface area contributed by atoms with Crippen molar-refractivity contribution in [1.29, 1.82) is 0 Å². The number of pyridine rings is 1. The second-order valence-electron chi connectivity index (χ2n) is 3.82. The summed E-state index contributed by atoms with van der Waals surface area (Å²) in [6.45, 7) is 2.12. The summed E-state index contributed by atoms with van der Waals surface area (Å²) in [4.78, 5) is 23.4. The number of rotatable bonds is 1. The van der Waals surface area contributed by atoms with Crippen LogP contribution in [0.2, 0.25) is 0 Å². The van der Waals surface area contributed by atoms with Crippen molar-refractivity contribution in [3.63, 3.8) is 0 Å².